The standard InChI is InChI=1S/C10H15N3O4/c1-3-16-9(14)13(10(15)17-4-2)12-8-6-5-7-11-8/h5-7,11-12H,3-4H2,1-2H3. The zero-order valence-corrected chi connectivity index (χ0v) is 9.73. The summed E-state index contributed by atoms with van der Waals surface area (Å²) in [5.41, 5.74) is 2.56. The van der Waals surface area contributed by atoms with Crippen molar-refractivity contribution in [2.45, 2.75) is 13.8 Å². The van der Waals surface area contributed by atoms with Crippen molar-refractivity contribution in [2.75, 3.05) is 18.6 Å². The summed E-state index contributed by atoms with van der Waals surface area (Å²) in [6.45, 7) is 3.63. The lowest BCUT2D eigenvalue weighted by atomic mass is 10.6. The van der Waals surface area contributed by atoms with Crippen molar-refractivity contribution < 1.29 is 19.1 Å². The van der Waals surface area contributed by atoms with Gasteiger partial charge in [-0.2, -0.15) is 0 Å². The number of aromatic nitrogens is 1. The molecule has 0 fully saturated rings. The molecule has 7 nitrogen and oxygen atoms in total. The molecule has 1 aromatic heterocycles. The first-order valence-corrected chi connectivity index (χ1v) is 5.22. The van der Waals surface area contributed by atoms with Crippen molar-refractivity contribution in [2.24, 2.45) is 0 Å². The van der Waals surface area contributed by atoms with Crippen LogP contribution in [0.1, 0.15) is 13.8 Å². The van der Waals surface area contributed by atoms with Crippen molar-refractivity contribution >= 4 is 18.0 Å². The minimum absolute atomic E-state index is 0.168. The molecule has 7 heteroatoms. The number of nitrogens with one attached hydrogen (secondary N) is 2. The van der Waals surface area contributed by atoms with Crippen LogP contribution in [0.15, 0.2) is 18.3 Å². The van der Waals surface area contributed by atoms with Crippen LogP contribution in [0.5, 0.6) is 0 Å². The smallest absolute Gasteiger partial charge is 0.438 e. The summed E-state index contributed by atoms with van der Waals surface area (Å²) in [5, 5.41) is 0.666. The van der Waals surface area contributed by atoms with Crippen molar-refractivity contribution in [3.63, 3.8) is 0 Å². The maximum absolute atomic E-state index is 11.5. The van der Waals surface area contributed by atoms with Crippen molar-refractivity contribution in [1.82, 2.24) is 9.99 Å². The van der Waals surface area contributed by atoms with Crippen LogP contribution in [0.4, 0.5) is 15.4 Å². The van der Waals surface area contributed by atoms with Crippen LogP contribution < -0.4 is 5.43 Å². The SMILES string of the molecule is CCOC(=O)N(Nc1ccc[nH]1)C(=O)OCC. The number of nitrogens with zero attached hydrogens (tertiary/aromatic N) is 1. The van der Waals surface area contributed by atoms with Gasteiger partial charge in [-0.15, -0.1) is 5.01 Å². The second-order valence-electron chi connectivity index (χ2n) is 2.93. The number of hydrogen-bond donors (Lipinski definition) is 2. The van der Waals surface area contributed by atoms with E-state index in [9.17, 15) is 9.59 Å². The Labute approximate surface area is 98.7 Å². The lowest BCUT2D eigenvalue weighted by Gasteiger charge is -2.19. The minimum Gasteiger partial charge on any atom is -0.448 e. The third kappa shape index (κ3) is 3.71. The van der Waals surface area contributed by atoms with Gasteiger partial charge in [0.25, 0.3) is 0 Å². The maximum Gasteiger partial charge on any atom is 0.438 e. The first-order valence-electron chi connectivity index (χ1n) is 5.22. The zero-order chi connectivity index (χ0) is 12.7. The van der Waals surface area contributed by atoms with Crippen LogP contribution >= 0.6 is 0 Å². The number of amides is 2. The second-order valence-corrected chi connectivity index (χ2v) is 2.93. The normalized spacial score (nSPS) is 9.53. The molecule has 0 aromatic carbocycles. The van der Waals surface area contributed by atoms with Crippen LogP contribution in [0, 0.1) is 0 Å². The highest BCUT2D eigenvalue weighted by atomic mass is 16.6. The fraction of sp³-hybridized carbons (Fsp3) is 0.400. The third-order valence-electron chi connectivity index (χ3n) is 1.73. The molecule has 0 saturated carbocycles. The van der Waals surface area contributed by atoms with E-state index in [1.54, 1.807) is 32.2 Å². The van der Waals surface area contributed by atoms with Gasteiger partial charge in [0, 0.05) is 6.20 Å². The predicted octanol–water partition coefficient (Wildman–Crippen LogP) is 1.96. The van der Waals surface area contributed by atoms with Gasteiger partial charge in [0.2, 0.25) is 0 Å². The Morgan fingerprint density at radius 1 is 1.29 bits per heavy atom. The number of H-pyrrole nitrogens is 1. The molecule has 1 heterocycles. The van der Waals surface area contributed by atoms with E-state index in [0.29, 0.717) is 10.8 Å². The van der Waals surface area contributed by atoms with Gasteiger partial charge in [0.15, 0.2) is 0 Å². The van der Waals surface area contributed by atoms with Crippen LogP contribution in [-0.2, 0) is 9.47 Å². The number of ether oxygens (including phenoxy) is 2. The van der Waals surface area contributed by atoms with E-state index < -0.39 is 12.2 Å². The topological polar surface area (TPSA) is 83.7 Å². The van der Waals surface area contributed by atoms with Gasteiger partial charge in [-0.3, -0.25) is 5.43 Å². The molecule has 0 spiro atoms. The van der Waals surface area contributed by atoms with Crippen LogP contribution in [0.2, 0.25) is 0 Å². The molecule has 0 aliphatic carbocycles. The average molecular weight is 241 g/mol. The summed E-state index contributed by atoms with van der Waals surface area (Å²) in [6, 6.07) is 3.38. The summed E-state index contributed by atoms with van der Waals surface area (Å²) >= 11 is 0. The molecule has 0 atom stereocenters. The summed E-state index contributed by atoms with van der Waals surface area (Å²) in [5.74, 6) is 0.478. The molecule has 0 aliphatic heterocycles. The molecule has 2 amide bonds. The Balaban J connectivity index is 2.71. The van der Waals surface area contributed by atoms with E-state index in [1.807, 2.05) is 0 Å². The van der Waals surface area contributed by atoms with E-state index in [-0.39, 0.29) is 13.2 Å². The average Bonchev–Trinajstić information content (AvgIpc) is 2.79. The first kappa shape index (κ1) is 12.9. The number of aromatic amines is 1. The van der Waals surface area contributed by atoms with Crippen LogP contribution in [0.3, 0.4) is 0 Å². The van der Waals surface area contributed by atoms with Crippen molar-refractivity contribution in [3.05, 3.63) is 18.3 Å². The Morgan fingerprint density at radius 3 is 2.29 bits per heavy atom. The molecule has 0 bridgehead atoms. The highest BCUT2D eigenvalue weighted by molar-refractivity contribution is 5.89. The number of carbonyl (C=O) groups is 2. The number of hydrogen-bond acceptors (Lipinski definition) is 5. The van der Waals surface area contributed by atoms with E-state index in [4.69, 9.17) is 9.47 Å². The highest BCUT2D eigenvalue weighted by Crippen LogP contribution is 2.06. The second kappa shape index (κ2) is 6.41. The van der Waals surface area contributed by atoms with Crippen LogP contribution in [-0.4, -0.2) is 35.4 Å². The quantitative estimate of drug-likeness (QED) is 0.787. The Bertz CT molecular complexity index is 346. The minimum atomic E-state index is -0.819. The monoisotopic (exact) mass is 241 g/mol. The van der Waals surface area contributed by atoms with Gasteiger partial charge in [0.05, 0.1) is 13.2 Å². The summed E-state index contributed by atoms with van der Waals surface area (Å²) in [7, 11) is 0. The van der Waals surface area contributed by atoms with E-state index >= 15 is 0 Å². The van der Waals surface area contributed by atoms with Gasteiger partial charge in [0.1, 0.15) is 5.82 Å². The number of hydrazine groups is 1. The zero-order valence-electron chi connectivity index (χ0n) is 9.73. The fourth-order valence-corrected chi connectivity index (χ4v) is 1.06. The number of anilines is 1. The van der Waals surface area contributed by atoms with Crippen LogP contribution in [0.25, 0.3) is 0 Å². The molecule has 17 heavy (non-hydrogen) atoms. The molecule has 0 unspecified atom stereocenters. The molecule has 0 saturated heterocycles. The number of imide groups is 1. The highest BCUT2D eigenvalue weighted by Gasteiger charge is 2.24. The predicted molar refractivity (Wildman–Crippen MR) is 60.3 cm³/mol. The number of carbonyl (C=O) groups excluding carboxylic acids is 2. The lowest BCUT2D eigenvalue weighted by Crippen LogP contribution is -2.42. The van der Waals surface area contributed by atoms with Crippen molar-refractivity contribution in [1.29, 1.82) is 0 Å². The summed E-state index contributed by atoms with van der Waals surface area (Å²) in [6.07, 6.45) is 0.0118. The summed E-state index contributed by atoms with van der Waals surface area (Å²) in [4.78, 5) is 25.8. The van der Waals surface area contributed by atoms with Gasteiger partial charge in [-0.25, -0.2) is 9.59 Å². The molecular formula is C10H15N3O4. The first-order chi connectivity index (χ1) is 8.19. The van der Waals surface area contributed by atoms with Gasteiger partial charge in [-0.05, 0) is 26.0 Å². The van der Waals surface area contributed by atoms with E-state index in [1.165, 1.54) is 0 Å². The molecule has 1 aromatic rings. The molecule has 0 aliphatic rings. The lowest BCUT2D eigenvalue weighted by molar-refractivity contribution is 0.0890. The molecular weight excluding hydrogens is 226 g/mol. The fourth-order valence-electron chi connectivity index (χ4n) is 1.06. The molecule has 0 radical (unpaired) electrons. The molecule has 94 valence electrons. The molecule has 2 N–H and O–H groups in total. The van der Waals surface area contributed by atoms with Crippen molar-refractivity contribution in [3.8, 4) is 0 Å². The molecule has 1 rings (SSSR count). The Hall–Kier alpha value is -2.18. The Morgan fingerprint density at radius 2 is 1.88 bits per heavy atom. The van der Waals surface area contributed by atoms with E-state index in [0.717, 1.165) is 0 Å². The third-order valence-corrected chi connectivity index (χ3v) is 1.73. The maximum atomic E-state index is 11.5. The van der Waals surface area contributed by atoms with Gasteiger partial charge >= 0.3 is 12.2 Å². The van der Waals surface area contributed by atoms with E-state index in [2.05, 4.69) is 10.4 Å². The Kier molecular flexibility index (Phi) is 4.86. The number of rotatable bonds is 4. The van der Waals surface area contributed by atoms with Gasteiger partial charge in [-0.1, -0.05) is 0 Å². The largest absolute Gasteiger partial charge is 0.448 e. The summed E-state index contributed by atoms with van der Waals surface area (Å²) < 4.78 is 9.46. The van der Waals surface area contributed by atoms with Gasteiger partial charge < -0.3 is 14.5 Å².